The van der Waals surface area contributed by atoms with Crippen LogP contribution in [0.2, 0.25) is 0 Å². The summed E-state index contributed by atoms with van der Waals surface area (Å²) in [6.45, 7) is 1.05. The molecule has 0 spiro atoms. The zero-order valence-electron chi connectivity index (χ0n) is 15.3. The number of hydrogen-bond acceptors (Lipinski definition) is 4. The number of benzene rings is 2. The molecule has 1 N–H and O–H groups in total. The Hall–Kier alpha value is -2.38. The van der Waals surface area contributed by atoms with Crippen LogP contribution in [0.3, 0.4) is 0 Å². The number of ether oxygens (including phenoxy) is 1. The maximum atomic E-state index is 12.4. The van der Waals surface area contributed by atoms with Crippen LogP contribution in [-0.4, -0.2) is 34.5 Å². The van der Waals surface area contributed by atoms with Crippen molar-refractivity contribution >= 4 is 21.6 Å². The number of nitrogens with zero attached hydrogens (tertiary/aromatic N) is 1. The zero-order valence-corrected chi connectivity index (χ0v) is 16.2. The third-order valence-electron chi connectivity index (χ3n) is 4.63. The van der Waals surface area contributed by atoms with Gasteiger partial charge in [0.2, 0.25) is 15.9 Å². The van der Waals surface area contributed by atoms with Gasteiger partial charge in [-0.2, -0.15) is 0 Å². The first-order valence-corrected chi connectivity index (χ1v) is 10.5. The van der Waals surface area contributed by atoms with Gasteiger partial charge in [0.05, 0.1) is 12.0 Å². The van der Waals surface area contributed by atoms with Crippen molar-refractivity contribution in [3.8, 4) is 5.75 Å². The van der Waals surface area contributed by atoms with Gasteiger partial charge in [0, 0.05) is 25.2 Å². The van der Waals surface area contributed by atoms with Gasteiger partial charge in [-0.1, -0.05) is 12.1 Å². The van der Waals surface area contributed by atoms with Crippen LogP contribution < -0.4 is 14.4 Å². The van der Waals surface area contributed by atoms with E-state index in [1.54, 1.807) is 36.3 Å². The molecule has 0 radical (unpaired) electrons. The average Bonchev–Trinajstić information content (AvgIpc) is 3.12. The van der Waals surface area contributed by atoms with Gasteiger partial charge < -0.3 is 9.64 Å². The Labute approximate surface area is 160 Å². The number of carbonyl (C=O) groups is 1. The lowest BCUT2D eigenvalue weighted by Gasteiger charge is -2.16. The number of amides is 1. The van der Waals surface area contributed by atoms with E-state index in [1.165, 1.54) is 0 Å². The van der Waals surface area contributed by atoms with Crippen molar-refractivity contribution in [2.75, 3.05) is 25.1 Å². The fourth-order valence-corrected chi connectivity index (χ4v) is 4.18. The monoisotopic (exact) mass is 388 g/mol. The maximum absolute atomic E-state index is 12.4. The second-order valence-electron chi connectivity index (χ2n) is 6.49. The Morgan fingerprint density at radius 3 is 2.37 bits per heavy atom. The summed E-state index contributed by atoms with van der Waals surface area (Å²) in [5.41, 5.74) is 1.88. The van der Waals surface area contributed by atoms with E-state index in [9.17, 15) is 13.2 Å². The summed E-state index contributed by atoms with van der Waals surface area (Å²) >= 11 is 0. The van der Waals surface area contributed by atoms with Gasteiger partial charge in [-0.3, -0.25) is 4.79 Å². The molecule has 7 heteroatoms. The topological polar surface area (TPSA) is 75.7 Å². The largest absolute Gasteiger partial charge is 0.497 e. The predicted octanol–water partition coefficient (Wildman–Crippen LogP) is 2.73. The molecule has 0 aliphatic carbocycles. The van der Waals surface area contributed by atoms with Crippen LogP contribution in [-0.2, 0) is 21.2 Å². The lowest BCUT2D eigenvalue weighted by Crippen LogP contribution is -2.26. The number of carbonyl (C=O) groups excluding carboxylic acids is 1. The summed E-state index contributed by atoms with van der Waals surface area (Å²) in [5, 5.41) is 0. The summed E-state index contributed by atoms with van der Waals surface area (Å²) in [6, 6.07) is 14.2. The average molecular weight is 388 g/mol. The number of rotatable bonds is 8. The molecule has 1 saturated heterocycles. The van der Waals surface area contributed by atoms with E-state index < -0.39 is 10.0 Å². The molecule has 1 amide bonds. The first kappa shape index (κ1) is 19.4. The fraction of sp³-hybridized carbons (Fsp3) is 0.350. The van der Waals surface area contributed by atoms with Crippen molar-refractivity contribution in [1.82, 2.24) is 4.72 Å². The Morgan fingerprint density at radius 1 is 1.07 bits per heavy atom. The van der Waals surface area contributed by atoms with Gasteiger partial charge in [-0.25, -0.2) is 13.1 Å². The van der Waals surface area contributed by atoms with E-state index in [-0.39, 0.29) is 10.8 Å². The molecule has 3 rings (SSSR count). The van der Waals surface area contributed by atoms with Crippen molar-refractivity contribution in [2.45, 2.75) is 30.6 Å². The second kappa shape index (κ2) is 8.54. The zero-order chi connectivity index (χ0) is 19.3. The molecule has 1 aliphatic rings. The van der Waals surface area contributed by atoms with Crippen LogP contribution in [0.4, 0.5) is 5.69 Å². The quantitative estimate of drug-likeness (QED) is 0.706. The molecule has 0 bridgehead atoms. The van der Waals surface area contributed by atoms with E-state index in [1.807, 2.05) is 24.3 Å². The highest BCUT2D eigenvalue weighted by Gasteiger charge is 2.22. The van der Waals surface area contributed by atoms with E-state index in [0.29, 0.717) is 25.9 Å². The highest BCUT2D eigenvalue weighted by atomic mass is 32.2. The Kier molecular flexibility index (Phi) is 6.13. The molecule has 27 heavy (non-hydrogen) atoms. The van der Waals surface area contributed by atoms with E-state index in [0.717, 1.165) is 29.8 Å². The number of sulfonamides is 1. The second-order valence-corrected chi connectivity index (χ2v) is 8.26. The van der Waals surface area contributed by atoms with Crippen molar-refractivity contribution in [3.05, 3.63) is 54.1 Å². The molecule has 144 valence electrons. The summed E-state index contributed by atoms with van der Waals surface area (Å²) in [5.74, 6) is 0.890. The number of anilines is 1. The minimum absolute atomic E-state index is 0.0854. The summed E-state index contributed by atoms with van der Waals surface area (Å²) in [4.78, 5) is 13.7. The number of nitrogens with one attached hydrogen (secondary N) is 1. The molecule has 0 unspecified atom stereocenters. The summed E-state index contributed by atoms with van der Waals surface area (Å²) < 4.78 is 32.6. The highest BCUT2D eigenvalue weighted by molar-refractivity contribution is 7.89. The number of hydrogen-bond donors (Lipinski definition) is 1. The molecule has 0 aromatic heterocycles. The van der Waals surface area contributed by atoms with Crippen LogP contribution in [0.15, 0.2) is 53.4 Å². The van der Waals surface area contributed by atoms with Crippen LogP contribution in [0.25, 0.3) is 0 Å². The fourth-order valence-electron chi connectivity index (χ4n) is 3.10. The van der Waals surface area contributed by atoms with Crippen LogP contribution in [0.1, 0.15) is 24.8 Å². The van der Waals surface area contributed by atoms with Gasteiger partial charge in [0.1, 0.15) is 5.75 Å². The van der Waals surface area contributed by atoms with Crippen molar-refractivity contribution in [1.29, 1.82) is 0 Å². The molecule has 1 heterocycles. The molecule has 0 atom stereocenters. The minimum atomic E-state index is -3.55. The van der Waals surface area contributed by atoms with E-state index in [2.05, 4.69) is 4.72 Å². The lowest BCUT2D eigenvalue weighted by atomic mass is 10.1. The van der Waals surface area contributed by atoms with Crippen LogP contribution in [0, 0.1) is 0 Å². The third-order valence-corrected chi connectivity index (χ3v) is 6.10. The lowest BCUT2D eigenvalue weighted by molar-refractivity contribution is -0.117. The van der Waals surface area contributed by atoms with Crippen molar-refractivity contribution in [2.24, 2.45) is 0 Å². The van der Waals surface area contributed by atoms with Crippen LogP contribution >= 0.6 is 0 Å². The molecule has 1 aliphatic heterocycles. The summed E-state index contributed by atoms with van der Waals surface area (Å²) in [6.07, 6.45) is 2.87. The molecule has 2 aromatic rings. The van der Waals surface area contributed by atoms with E-state index >= 15 is 0 Å². The standard InChI is InChI=1S/C20H24N2O4S/c1-26-18-10-6-16(7-11-18)4-2-14-21-27(24,25)19-12-8-17(9-13-19)22-15-3-5-20(22)23/h6-13,21H,2-5,14-15H2,1H3. The van der Waals surface area contributed by atoms with Crippen molar-refractivity contribution < 1.29 is 17.9 Å². The first-order valence-electron chi connectivity index (χ1n) is 9.02. The highest BCUT2D eigenvalue weighted by Crippen LogP contribution is 2.23. The van der Waals surface area contributed by atoms with Crippen LogP contribution in [0.5, 0.6) is 5.75 Å². The number of aryl methyl sites for hydroxylation is 1. The Morgan fingerprint density at radius 2 is 1.78 bits per heavy atom. The van der Waals surface area contributed by atoms with E-state index in [4.69, 9.17) is 4.74 Å². The van der Waals surface area contributed by atoms with Gasteiger partial charge in [-0.15, -0.1) is 0 Å². The molecule has 1 fully saturated rings. The predicted molar refractivity (Wildman–Crippen MR) is 105 cm³/mol. The molecule has 2 aromatic carbocycles. The Balaban J connectivity index is 1.52. The molecule has 6 nitrogen and oxygen atoms in total. The van der Waals surface area contributed by atoms with Gasteiger partial charge in [-0.05, 0) is 61.2 Å². The summed E-state index contributed by atoms with van der Waals surface area (Å²) in [7, 11) is -1.93. The molecule has 0 saturated carbocycles. The van der Waals surface area contributed by atoms with Gasteiger partial charge in [0.25, 0.3) is 0 Å². The molecular weight excluding hydrogens is 364 g/mol. The minimum Gasteiger partial charge on any atom is -0.497 e. The Bertz CT molecular complexity index is 877. The third kappa shape index (κ3) is 4.87. The smallest absolute Gasteiger partial charge is 0.240 e. The van der Waals surface area contributed by atoms with Gasteiger partial charge in [0.15, 0.2) is 0 Å². The first-order chi connectivity index (χ1) is 13.0. The normalized spacial score (nSPS) is 14.6. The number of methoxy groups -OCH3 is 1. The van der Waals surface area contributed by atoms with Crippen molar-refractivity contribution in [3.63, 3.8) is 0 Å². The van der Waals surface area contributed by atoms with Gasteiger partial charge >= 0.3 is 0 Å². The molecular formula is C20H24N2O4S. The SMILES string of the molecule is COc1ccc(CCCNS(=O)(=O)c2ccc(N3CCCC3=O)cc2)cc1. The maximum Gasteiger partial charge on any atom is 0.240 e.